The first-order valence-corrected chi connectivity index (χ1v) is 10.8. The number of hydrogen-bond acceptors (Lipinski definition) is 5. The standard InChI is InChI=1S/C22H28N4O3/c23-10-13-8-16-4-5-17(9-13)25(16)11-14-2-1-3-15-12-26(22(29)20(14)15)18-6-7-19(27)24-21(18)28/h1-3,13,16-18H,4-12,23H2,(H,24,27,28). The molecule has 3 unspecified atom stereocenters. The number of imide groups is 1. The maximum absolute atomic E-state index is 13.3. The van der Waals surface area contributed by atoms with Crippen LogP contribution in [-0.4, -0.2) is 52.2 Å². The first kappa shape index (κ1) is 18.8. The Balaban J connectivity index is 1.37. The molecule has 5 rings (SSSR count). The van der Waals surface area contributed by atoms with Crippen LogP contribution in [0.25, 0.3) is 0 Å². The van der Waals surface area contributed by atoms with Crippen molar-refractivity contribution in [3.8, 4) is 0 Å². The minimum absolute atomic E-state index is 0.0747. The minimum Gasteiger partial charge on any atom is -0.330 e. The third-order valence-corrected chi connectivity index (χ3v) is 7.31. The molecule has 4 aliphatic rings. The number of hydrogen-bond donors (Lipinski definition) is 2. The molecule has 7 heteroatoms. The zero-order valence-corrected chi connectivity index (χ0v) is 16.6. The molecule has 4 aliphatic heterocycles. The SMILES string of the molecule is NCC1CC2CCC(C1)N2Cc1cccc2c1C(=O)N(C1CCC(=O)NC1=O)C2. The van der Waals surface area contributed by atoms with E-state index in [9.17, 15) is 14.4 Å². The van der Waals surface area contributed by atoms with Crippen molar-refractivity contribution in [2.24, 2.45) is 11.7 Å². The van der Waals surface area contributed by atoms with Crippen LogP contribution in [0.1, 0.15) is 60.0 Å². The number of fused-ring (bicyclic) bond motifs is 3. The number of nitrogens with one attached hydrogen (secondary N) is 1. The lowest BCUT2D eigenvalue weighted by Gasteiger charge is -2.39. The summed E-state index contributed by atoms with van der Waals surface area (Å²) in [4.78, 5) is 41.3. The number of carbonyl (C=O) groups is 3. The second-order valence-electron chi connectivity index (χ2n) is 8.98. The van der Waals surface area contributed by atoms with E-state index in [1.807, 2.05) is 12.1 Å². The molecule has 0 saturated carbocycles. The molecular formula is C22H28N4O3. The van der Waals surface area contributed by atoms with Crippen LogP contribution < -0.4 is 11.1 Å². The predicted octanol–water partition coefficient (Wildman–Crippen LogP) is 1.15. The molecule has 2 bridgehead atoms. The first-order valence-electron chi connectivity index (χ1n) is 10.8. The number of piperidine rings is 2. The maximum atomic E-state index is 13.3. The van der Waals surface area contributed by atoms with Gasteiger partial charge in [-0.1, -0.05) is 18.2 Å². The van der Waals surface area contributed by atoms with E-state index in [1.165, 1.54) is 12.8 Å². The highest BCUT2D eigenvalue weighted by atomic mass is 16.2. The fraction of sp³-hybridized carbons (Fsp3) is 0.591. The summed E-state index contributed by atoms with van der Waals surface area (Å²) in [7, 11) is 0. The summed E-state index contributed by atoms with van der Waals surface area (Å²) < 4.78 is 0. The van der Waals surface area contributed by atoms with Gasteiger partial charge in [-0.25, -0.2) is 0 Å². The van der Waals surface area contributed by atoms with Gasteiger partial charge in [-0.05, 0) is 55.7 Å². The van der Waals surface area contributed by atoms with Gasteiger partial charge in [-0.15, -0.1) is 0 Å². The molecule has 3 atom stereocenters. The van der Waals surface area contributed by atoms with Gasteiger partial charge in [0.25, 0.3) is 5.91 Å². The summed E-state index contributed by atoms with van der Waals surface area (Å²) in [6, 6.07) is 6.61. The highest BCUT2D eigenvalue weighted by molar-refractivity contribution is 6.05. The van der Waals surface area contributed by atoms with Crippen molar-refractivity contribution in [1.29, 1.82) is 0 Å². The Morgan fingerprint density at radius 2 is 1.83 bits per heavy atom. The average Bonchev–Trinajstić information content (AvgIpc) is 3.14. The number of rotatable bonds is 4. The van der Waals surface area contributed by atoms with Gasteiger partial charge in [-0.3, -0.25) is 24.6 Å². The maximum Gasteiger partial charge on any atom is 0.255 e. The Kier molecular flexibility index (Phi) is 4.67. The molecule has 154 valence electrons. The quantitative estimate of drug-likeness (QED) is 0.745. The van der Waals surface area contributed by atoms with Gasteiger partial charge in [0.1, 0.15) is 6.04 Å². The molecule has 0 radical (unpaired) electrons. The molecule has 0 aromatic heterocycles. The van der Waals surface area contributed by atoms with Crippen molar-refractivity contribution in [2.45, 2.75) is 69.7 Å². The smallest absolute Gasteiger partial charge is 0.255 e. The van der Waals surface area contributed by atoms with Gasteiger partial charge >= 0.3 is 0 Å². The molecule has 3 saturated heterocycles. The molecule has 1 aromatic carbocycles. The van der Waals surface area contributed by atoms with E-state index in [1.54, 1.807) is 4.90 Å². The largest absolute Gasteiger partial charge is 0.330 e. The molecule has 3 N–H and O–H groups in total. The van der Waals surface area contributed by atoms with Crippen LogP contribution in [0, 0.1) is 5.92 Å². The lowest BCUT2D eigenvalue weighted by molar-refractivity contribution is -0.136. The summed E-state index contributed by atoms with van der Waals surface area (Å²) in [5.74, 6) is -0.0671. The van der Waals surface area contributed by atoms with Gasteiger partial charge in [0, 0.05) is 37.2 Å². The Bertz CT molecular complexity index is 856. The van der Waals surface area contributed by atoms with Crippen molar-refractivity contribution in [2.75, 3.05) is 6.54 Å². The normalized spacial score (nSPS) is 31.9. The van der Waals surface area contributed by atoms with E-state index < -0.39 is 6.04 Å². The summed E-state index contributed by atoms with van der Waals surface area (Å²) in [5, 5.41) is 2.37. The van der Waals surface area contributed by atoms with Crippen molar-refractivity contribution in [3.05, 3.63) is 34.9 Å². The third-order valence-electron chi connectivity index (χ3n) is 7.31. The van der Waals surface area contributed by atoms with Crippen LogP contribution in [0.3, 0.4) is 0 Å². The van der Waals surface area contributed by atoms with Gasteiger partial charge in [0.2, 0.25) is 11.8 Å². The summed E-state index contributed by atoms with van der Waals surface area (Å²) in [6.07, 6.45) is 5.41. The zero-order chi connectivity index (χ0) is 20.1. The number of amides is 3. The van der Waals surface area contributed by atoms with Crippen LogP contribution in [-0.2, 0) is 22.7 Å². The van der Waals surface area contributed by atoms with Gasteiger partial charge < -0.3 is 10.6 Å². The van der Waals surface area contributed by atoms with Crippen LogP contribution in [0.15, 0.2) is 18.2 Å². The highest BCUT2D eigenvalue weighted by Gasteiger charge is 2.43. The van der Waals surface area contributed by atoms with E-state index in [-0.39, 0.29) is 24.1 Å². The Morgan fingerprint density at radius 3 is 2.52 bits per heavy atom. The Hall–Kier alpha value is -2.25. The van der Waals surface area contributed by atoms with Crippen molar-refractivity contribution < 1.29 is 14.4 Å². The van der Waals surface area contributed by atoms with Gasteiger partial charge in [0.15, 0.2) is 0 Å². The lowest BCUT2D eigenvalue weighted by atomic mass is 9.90. The summed E-state index contributed by atoms with van der Waals surface area (Å²) in [6.45, 7) is 1.99. The number of nitrogens with zero attached hydrogens (tertiary/aromatic N) is 2. The molecule has 0 aliphatic carbocycles. The van der Waals surface area contributed by atoms with Crippen LogP contribution in [0.4, 0.5) is 0 Å². The fourth-order valence-electron chi connectivity index (χ4n) is 5.86. The molecule has 29 heavy (non-hydrogen) atoms. The highest BCUT2D eigenvalue weighted by Crippen LogP contribution is 2.40. The lowest BCUT2D eigenvalue weighted by Crippen LogP contribution is -2.52. The topological polar surface area (TPSA) is 95.7 Å². The van der Waals surface area contributed by atoms with Gasteiger partial charge in [0.05, 0.1) is 0 Å². The monoisotopic (exact) mass is 396 g/mol. The second kappa shape index (κ2) is 7.22. The van der Waals surface area contributed by atoms with Crippen LogP contribution >= 0.6 is 0 Å². The molecular weight excluding hydrogens is 368 g/mol. The number of benzene rings is 1. The second-order valence-corrected chi connectivity index (χ2v) is 8.98. The minimum atomic E-state index is -0.558. The summed E-state index contributed by atoms with van der Waals surface area (Å²) in [5.41, 5.74) is 8.74. The molecule has 3 amide bonds. The van der Waals surface area contributed by atoms with Crippen LogP contribution in [0.5, 0.6) is 0 Å². The molecule has 1 aromatic rings. The van der Waals surface area contributed by atoms with E-state index in [4.69, 9.17) is 5.73 Å². The van der Waals surface area contributed by atoms with E-state index in [0.717, 1.165) is 42.6 Å². The molecule has 7 nitrogen and oxygen atoms in total. The Morgan fingerprint density at radius 1 is 1.07 bits per heavy atom. The molecule has 3 fully saturated rings. The summed E-state index contributed by atoms with van der Waals surface area (Å²) >= 11 is 0. The third kappa shape index (κ3) is 3.16. The number of nitrogens with two attached hydrogens (primary N) is 1. The predicted molar refractivity (Wildman–Crippen MR) is 107 cm³/mol. The van der Waals surface area contributed by atoms with Crippen molar-refractivity contribution in [1.82, 2.24) is 15.1 Å². The van der Waals surface area contributed by atoms with E-state index in [0.29, 0.717) is 31.0 Å². The van der Waals surface area contributed by atoms with E-state index in [2.05, 4.69) is 16.3 Å². The van der Waals surface area contributed by atoms with Crippen molar-refractivity contribution >= 4 is 17.7 Å². The Labute approximate surface area is 170 Å². The van der Waals surface area contributed by atoms with Crippen molar-refractivity contribution in [3.63, 3.8) is 0 Å². The van der Waals surface area contributed by atoms with Crippen LogP contribution in [0.2, 0.25) is 0 Å². The van der Waals surface area contributed by atoms with E-state index >= 15 is 0 Å². The fourth-order valence-corrected chi connectivity index (χ4v) is 5.86. The average molecular weight is 396 g/mol. The number of carbonyl (C=O) groups excluding carboxylic acids is 3. The van der Waals surface area contributed by atoms with Gasteiger partial charge in [-0.2, -0.15) is 0 Å². The first-order chi connectivity index (χ1) is 14.0. The molecule has 4 heterocycles. The zero-order valence-electron chi connectivity index (χ0n) is 16.6. The molecule has 0 spiro atoms.